The van der Waals surface area contributed by atoms with Gasteiger partial charge in [0.25, 0.3) is 5.91 Å². The van der Waals surface area contributed by atoms with Crippen molar-refractivity contribution >= 4 is 22.6 Å². The molecule has 1 aromatic heterocycles. The molecule has 4 heteroatoms. The Morgan fingerprint density at radius 1 is 1.12 bits per heavy atom. The molecule has 4 nitrogen and oxygen atoms in total. The van der Waals surface area contributed by atoms with Crippen LogP contribution in [-0.2, 0) is 6.42 Å². The van der Waals surface area contributed by atoms with Gasteiger partial charge in [-0.05, 0) is 31.0 Å². The average molecular weight is 332 g/mol. The molecule has 0 spiro atoms. The zero-order valence-corrected chi connectivity index (χ0v) is 14.2. The van der Waals surface area contributed by atoms with Crippen LogP contribution in [0.4, 0.5) is 5.69 Å². The molecule has 0 unspecified atom stereocenters. The van der Waals surface area contributed by atoms with Gasteiger partial charge >= 0.3 is 0 Å². The Labute approximate surface area is 146 Å². The predicted molar refractivity (Wildman–Crippen MR) is 97.6 cm³/mol. The van der Waals surface area contributed by atoms with E-state index in [2.05, 4.69) is 18.3 Å². The van der Waals surface area contributed by atoms with Gasteiger partial charge < -0.3 is 14.6 Å². The van der Waals surface area contributed by atoms with E-state index in [1.807, 2.05) is 47.4 Å². The van der Waals surface area contributed by atoms with Crippen LogP contribution < -0.4 is 5.32 Å². The minimum atomic E-state index is -0.173. The molecule has 0 bridgehead atoms. The minimum absolute atomic E-state index is 0.120. The summed E-state index contributed by atoms with van der Waals surface area (Å²) in [5.74, 6) is 1.07. The van der Waals surface area contributed by atoms with E-state index in [1.54, 1.807) is 0 Å². The third-order valence-electron chi connectivity index (χ3n) is 5.21. The van der Waals surface area contributed by atoms with E-state index in [1.165, 1.54) is 0 Å². The molecule has 1 aliphatic heterocycles. The molecule has 2 aromatic carbocycles. The molecular weight excluding hydrogens is 312 g/mol. The Morgan fingerprint density at radius 2 is 1.88 bits per heavy atom. The molecule has 1 atom stereocenters. The van der Waals surface area contributed by atoms with Crippen LogP contribution in [0.1, 0.15) is 47.6 Å². The molecule has 0 radical (unpaired) electrons. The number of hydrogen-bond acceptors (Lipinski definition) is 3. The number of furan rings is 1. The van der Waals surface area contributed by atoms with Crippen molar-refractivity contribution in [3.05, 3.63) is 65.4 Å². The van der Waals surface area contributed by atoms with Crippen LogP contribution in [0, 0.1) is 0 Å². The molecule has 1 fully saturated rings. The third-order valence-corrected chi connectivity index (χ3v) is 5.21. The summed E-state index contributed by atoms with van der Waals surface area (Å²) in [6, 6.07) is 16.2. The summed E-state index contributed by atoms with van der Waals surface area (Å²) in [5.41, 5.74) is 3.66. The summed E-state index contributed by atoms with van der Waals surface area (Å²) < 4.78 is 6.10. The van der Waals surface area contributed by atoms with Crippen molar-refractivity contribution in [2.45, 2.75) is 38.4 Å². The first-order valence-electron chi connectivity index (χ1n) is 8.96. The number of hydrogen-bond donors (Lipinski definition) is 1. The molecule has 1 amide bonds. The van der Waals surface area contributed by atoms with E-state index in [4.69, 9.17) is 4.42 Å². The molecule has 1 saturated carbocycles. The SMILES string of the molecule is CCc1oc2ccccc2c1[C@H]1Nc2ccccc2C(=O)N1C1CC1. The molecule has 5 rings (SSSR count). The summed E-state index contributed by atoms with van der Waals surface area (Å²) >= 11 is 0. The van der Waals surface area contributed by atoms with E-state index < -0.39 is 0 Å². The van der Waals surface area contributed by atoms with Gasteiger partial charge in [-0.15, -0.1) is 0 Å². The highest BCUT2D eigenvalue weighted by Crippen LogP contribution is 2.44. The zero-order chi connectivity index (χ0) is 17.0. The van der Waals surface area contributed by atoms with Crippen LogP contribution in [0.5, 0.6) is 0 Å². The monoisotopic (exact) mass is 332 g/mol. The standard InChI is InChI=1S/C21H20N2O2/c1-2-17-19(15-8-4-6-10-18(15)25-17)20-22-16-9-5-3-7-14(16)21(24)23(20)13-11-12-13/h3-10,13,20,22H,2,11-12H2,1H3/t20-/m0/s1. The summed E-state index contributed by atoms with van der Waals surface area (Å²) in [7, 11) is 0. The fourth-order valence-electron chi connectivity index (χ4n) is 3.89. The quantitative estimate of drug-likeness (QED) is 0.754. The van der Waals surface area contributed by atoms with Crippen LogP contribution in [0.15, 0.2) is 52.9 Å². The van der Waals surface area contributed by atoms with Crippen LogP contribution in [0.2, 0.25) is 0 Å². The lowest BCUT2D eigenvalue weighted by Gasteiger charge is -2.38. The van der Waals surface area contributed by atoms with E-state index in [-0.39, 0.29) is 12.1 Å². The lowest BCUT2D eigenvalue weighted by molar-refractivity contribution is 0.0666. The van der Waals surface area contributed by atoms with Crippen LogP contribution in [-0.4, -0.2) is 16.8 Å². The van der Waals surface area contributed by atoms with Crippen molar-refractivity contribution < 1.29 is 9.21 Å². The van der Waals surface area contributed by atoms with Crippen molar-refractivity contribution in [1.29, 1.82) is 0 Å². The first-order valence-corrected chi connectivity index (χ1v) is 8.96. The number of amides is 1. The first kappa shape index (κ1) is 14.6. The van der Waals surface area contributed by atoms with Crippen molar-refractivity contribution in [3.63, 3.8) is 0 Å². The fourth-order valence-corrected chi connectivity index (χ4v) is 3.89. The number of rotatable bonds is 3. The molecule has 2 heterocycles. The number of fused-ring (bicyclic) bond motifs is 2. The molecule has 126 valence electrons. The molecular formula is C21H20N2O2. The number of nitrogens with one attached hydrogen (secondary N) is 1. The Morgan fingerprint density at radius 3 is 2.68 bits per heavy atom. The zero-order valence-electron chi connectivity index (χ0n) is 14.2. The summed E-state index contributed by atoms with van der Waals surface area (Å²) in [5, 5.41) is 4.71. The van der Waals surface area contributed by atoms with Crippen molar-refractivity contribution in [2.24, 2.45) is 0 Å². The Bertz CT molecular complexity index is 971. The highest BCUT2D eigenvalue weighted by Gasteiger charge is 2.43. The van der Waals surface area contributed by atoms with Crippen LogP contribution >= 0.6 is 0 Å². The predicted octanol–water partition coefficient (Wildman–Crippen LogP) is 4.72. The highest BCUT2D eigenvalue weighted by atomic mass is 16.3. The minimum Gasteiger partial charge on any atom is -0.461 e. The van der Waals surface area contributed by atoms with Gasteiger partial charge in [-0.3, -0.25) is 4.79 Å². The average Bonchev–Trinajstić information content (AvgIpc) is 3.40. The molecule has 2 aliphatic rings. The Kier molecular flexibility index (Phi) is 3.14. The van der Waals surface area contributed by atoms with E-state index >= 15 is 0 Å². The van der Waals surface area contributed by atoms with Gasteiger partial charge in [0.05, 0.1) is 5.56 Å². The Hall–Kier alpha value is -2.75. The maximum atomic E-state index is 13.2. The lowest BCUT2D eigenvalue weighted by atomic mass is 10.00. The molecule has 25 heavy (non-hydrogen) atoms. The highest BCUT2D eigenvalue weighted by molar-refractivity contribution is 6.02. The van der Waals surface area contributed by atoms with Gasteiger partial charge in [0.1, 0.15) is 17.5 Å². The molecule has 1 N–H and O–H groups in total. The second-order valence-corrected chi connectivity index (χ2v) is 6.82. The molecule has 0 saturated heterocycles. The summed E-state index contributed by atoms with van der Waals surface area (Å²) in [6.45, 7) is 2.10. The largest absolute Gasteiger partial charge is 0.461 e. The van der Waals surface area contributed by atoms with Gasteiger partial charge in [0.2, 0.25) is 0 Å². The number of carbonyl (C=O) groups is 1. The topological polar surface area (TPSA) is 45.5 Å². The number of aryl methyl sites for hydroxylation is 1. The van der Waals surface area contributed by atoms with Crippen molar-refractivity contribution in [3.8, 4) is 0 Å². The number of carbonyl (C=O) groups excluding carboxylic acids is 1. The molecule has 3 aromatic rings. The number of benzene rings is 2. The maximum absolute atomic E-state index is 13.2. The Balaban J connectivity index is 1.72. The fraction of sp³-hybridized carbons (Fsp3) is 0.286. The normalized spacial score (nSPS) is 19.8. The van der Waals surface area contributed by atoms with Crippen LogP contribution in [0.25, 0.3) is 11.0 Å². The second kappa shape index (κ2) is 5.38. The molecule has 1 aliphatic carbocycles. The number of nitrogens with zero attached hydrogens (tertiary/aromatic N) is 1. The van der Waals surface area contributed by atoms with E-state index in [0.717, 1.165) is 52.8 Å². The first-order chi connectivity index (χ1) is 12.3. The van der Waals surface area contributed by atoms with Gasteiger partial charge in [0, 0.05) is 29.1 Å². The maximum Gasteiger partial charge on any atom is 0.258 e. The van der Waals surface area contributed by atoms with E-state index in [9.17, 15) is 4.79 Å². The smallest absolute Gasteiger partial charge is 0.258 e. The second-order valence-electron chi connectivity index (χ2n) is 6.82. The number of anilines is 1. The number of para-hydroxylation sites is 2. The van der Waals surface area contributed by atoms with Crippen molar-refractivity contribution in [1.82, 2.24) is 4.90 Å². The van der Waals surface area contributed by atoms with Gasteiger partial charge in [-0.25, -0.2) is 0 Å². The van der Waals surface area contributed by atoms with E-state index in [0.29, 0.717) is 6.04 Å². The summed E-state index contributed by atoms with van der Waals surface area (Å²) in [6.07, 6.45) is 2.77. The third kappa shape index (κ3) is 2.17. The van der Waals surface area contributed by atoms with Gasteiger partial charge in [-0.1, -0.05) is 37.3 Å². The van der Waals surface area contributed by atoms with Crippen LogP contribution in [0.3, 0.4) is 0 Å². The van der Waals surface area contributed by atoms with Gasteiger partial charge in [0.15, 0.2) is 0 Å². The lowest BCUT2D eigenvalue weighted by Crippen LogP contribution is -2.44. The van der Waals surface area contributed by atoms with Gasteiger partial charge in [-0.2, -0.15) is 0 Å². The summed E-state index contributed by atoms with van der Waals surface area (Å²) in [4.78, 5) is 15.2. The van der Waals surface area contributed by atoms with Crippen molar-refractivity contribution in [2.75, 3.05) is 5.32 Å².